The summed E-state index contributed by atoms with van der Waals surface area (Å²) >= 11 is 3.08. The van der Waals surface area contributed by atoms with Crippen LogP contribution in [0.2, 0.25) is 0 Å². The van der Waals surface area contributed by atoms with Gasteiger partial charge in [0.25, 0.3) is 5.82 Å². The van der Waals surface area contributed by atoms with Crippen LogP contribution in [0.4, 0.5) is 5.82 Å². The molecule has 2 nitrogen and oxygen atoms in total. The number of hydrogen-bond donors (Lipinski definition) is 0. The zero-order valence-corrected chi connectivity index (χ0v) is 7.09. The van der Waals surface area contributed by atoms with Crippen LogP contribution >= 0.6 is 15.9 Å². The fraction of sp³-hybridized carbons (Fsp3) is 0. The van der Waals surface area contributed by atoms with Gasteiger partial charge in [0.05, 0.1) is 0 Å². The molecule has 0 N–H and O–H groups in total. The lowest BCUT2D eigenvalue weighted by atomic mass is 10.2. The molecule has 3 heteroatoms. The molecule has 0 spiro atoms. The molecule has 0 bridgehead atoms. The van der Waals surface area contributed by atoms with E-state index in [4.69, 9.17) is 20.4 Å². The van der Waals surface area contributed by atoms with Gasteiger partial charge in [0, 0.05) is 28.4 Å². The van der Waals surface area contributed by atoms with Crippen LogP contribution in [0.5, 0.6) is 0 Å². The molecule has 1 aromatic heterocycles. The third-order valence-electron chi connectivity index (χ3n) is 1.15. The van der Waals surface area contributed by atoms with Crippen LogP contribution in [0.15, 0.2) is 10.7 Å². The predicted octanol–water partition coefficient (Wildman–Crippen LogP) is 2.51. The van der Waals surface area contributed by atoms with Crippen LogP contribution in [-0.2, 0) is 0 Å². The lowest BCUT2D eigenvalue weighted by Gasteiger charge is -1.97. The SMILES string of the molecule is [C-]#[N+]c1cc([CH])c([CH])c(Br)n1. The van der Waals surface area contributed by atoms with Crippen molar-refractivity contribution in [2.45, 2.75) is 0 Å². The highest BCUT2D eigenvalue weighted by molar-refractivity contribution is 9.10. The highest BCUT2D eigenvalue weighted by atomic mass is 79.9. The Hall–Kier alpha value is -0.880. The standard InChI is InChI=1S/C8H3BrN2/c1-5-4-7(10-3)11-8(9)6(5)2/h1-2,4H. The minimum atomic E-state index is 0.239. The third kappa shape index (κ3) is 1.58. The Kier molecular flexibility index (Phi) is 2.25. The molecule has 0 amide bonds. The monoisotopic (exact) mass is 206 g/mol. The van der Waals surface area contributed by atoms with Crippen LogP contribution < -0.4 is 0 Å². The summed E-state index contributed by atoms with van der Waals surface area (Å²) in [6, 6.07) is 1.44. The van der Waals surface area contributed by atoms with E-state index < -0.39 is 0 Å². The Labute approximate surface area is 74.2 Å². The molecule has 0 saturated carbocycles. The third-order valence-corrected chi connectivity index (χ3v) is 1.75. The van der Waals surface area contributed by atoms with Gasteiger partial charge in [-0.3, -0.25) is 0 Å². The fourth-order valence-corrected chi connectivity index (χ4v) is 0.997. The maximum Gasteiger partial charge on any atom is 0.271 e. The van der Waals surface area contributed by atoms with Crippen molar-refractivity contribution in [3.63, 3.8) is 0 Å². The average molecular weight is 207 g/mol. The van der Waals surface area contributed by atoms with E-state index in [1.165, 1.54) is 6.07 Å². The minimum absolute atomic E-state index is 0.239. The minimum Gasteiger partial charge on any atom is -0.361 e. The van der Waals surface area contributed by atoms with Crippen molar-refractivity contribution in [1.29, 1.82) is 0 Å². The van der Waals surface area contributed by atoms with Crippen LogP contribution in [0.3, 0.4) is 0 Å². The summed E-state index contributed by atoms with van der Waals surface area (Å²) in [5.41, 5.74) is 0.746. The summed E-state index contributed by atoms with van der Waals surface area (Å²) in [5, 5.41) is 0. The summed E-state index contributed by atoms with van der Waals surface area (Å²) in [6.45, 7) is 17.6. The van der Waals surface area contributed by atoms with Gasteiger partial charge in [0.2, 0.25) is 0 Å². The first-order chi connectivity index (χ1) is 5.15. The topological polar surface area (TPSA) is 17.2 Å². The number of hydrogen-bond acceptors (Lipinski definition) is 1. The van der Waals surface area contributed by atoms with E-state index >= 15 is 0 Å². The molecule has 4 radical (unpaired) electrons. The number of halogens is 1. The van der Waals surface area contributed by atoms with Gasteiger partial charge >= 0.3 is 0 Å². The van der Waals surface area contributed by atoms with E-state index in [2.05, 4.69) is 25.8 Å². The van der Waals surface area contributed by atoms with Gasteiger partial charge in [0.15, 0.2) is 4.60 Å². The van der Waals surface area contributed by atoms with E-state index in [0.717, 1.165) is 0 Å². The Morgan fingerprint density at radius 3 is 2.64 bits per heavy atom. The second kappa shape index (κ2) is 3.02. The molecular formula is C8H3BrN2. The summed E-state index contributed by atoms with van der Waals surface area (Å²) < 4.78 is 0.420. The van der Waals surface area contributed by atoms with Crippen LogP contribution in [-0.4, -0.2) is 4.98 Å². The van der Waals surface area contributed by atoms with Crippen LogP contribution in [0, 0.1) is 20.4 Å². The van der Waals surface area contributed by atoms with Crippen molar-refractivity contribution in [2.75, 3.05) is 0 Å². The molecule has 1 rings (SSSR count). The maximum atomic E-state index is 6.65. The molecule has 0 unspecified atom stereocenters. The quantitative estimate of drug-likeness (QED) is 0.471. The first-order valence-electron chi connectivity index (χ1n) is 2.74. The van der Waals surface area contributed by atoms with Gasteiger partial charge in [-0.2, -0.15) is 0 Å². The van der Waals surface area contributed by atoms with Gasteiger partial charge in [-0.25, -0.2) is 0 Å². The molecule has 1 heterocycles. The van der Waals surface area contributed by atoms with Crippen molar-refractivity contribution in [2.24, 2.45) is 0 Å². The molecule has 0 aliphatic carbocycles. The molecule has 52 valence electrons. The number of nitrogens with zero attached hydrogens (tertiary/aromatic N) is 2. The summed E-state index contributed by atoms with van der Waals surface area (Å²) in [4.78, 5) is 6.92. The summed E-state index contributed by atoms with van der Waals surface area (Å²) in [5.74, 6) is 0.239. The highest BCUT2D eigenvalue weighted by Gasteiger charge is 2.05. The molecular weight excluding hydrogens is 204 g/mol. The molecule has 1 aromatic rings. The number of aromatic nitrogens is 1. The highest BCUT2D eigenvalue weighted by Crippen LogP contribution is 2.21. The Morgan fingerprint density at radius 2 is 2.18 bits per heavy atom. The van der Waals surface area contributed by atoms with Crippen LogP contribution in [0.1, 0.15) is 11.1 Å². The summed E-state index contributed by atoms with van der Waals surface area (Å²) in [6.07, 6.45) is 0. The van der Waals surface area contributed by atoms with Crippen molar-refractivity contribution in [3.8, 4) is 0 Å². The smallest absolute Gasteiger partial charge is 0.271 e. The largest absolute Gasteiger partial charge is 0.361 e. The molecule has 0 aliphatic rings. The van der Waals surface area contributed by atoms with Gasteiger partial charge < -0.3 is 4.85 Å². The second-order valence-corrected chi connectivity index (χ2v) is 2.64. The summed E-state index contributed by atoms with van der Waals surface area (Å²) in [7, 11) is 0. The van der Waals surface area contributed by atoms with E-state index in [1.807, 2.05) is 0 Å². The number of rotatable bonds is 0. The van der Waals surface area contributed by atoms with E-state index in [0.29, 0.717) is 15.7 Å². The Morgan fingerprint density at radius 1 is 1.55 bits per heavy atom. The normalized spacial score (nSPS) is 9.27. The molecule has 0 aromatic carbocycles. The molecule has 0 fully saturated rings. The van der Waals surface area contributed by atoms with E-state index in [-0.39, 0.29) is 5.82 Å². The molecule has 11 heavy (non-hydrogen) atoms. The van der Waals surface area contributed by atoms with Gasteiger partial charge in [-0.15, -0.1) is 4.98 Å². The van der Waals surface area contributed by atoms with Crippen molar-refractivity contribution >= 4 is 21.7 Å². The van der Waals surface area contributed by atoms with Crippen molar-refractivity contribution in [3.05, 3.63) is 47.1 Å². The lowest BCUT2D eigenvalue weighted by molar-refractivity contribution is 1.26. The first kappa shape index (κ1) is 8.22. The Balaban J connectivity index is 3.35. The maximum absolute atomic E-state index is 6.65. The van der Waals surface area contributed by atoms with E-state index in [1.54, 1.807) is 0 Å². The first-order valence-corrected chi connectivity index (χ1v) is 3.53. The lowest BCUT2D eigenvalue weighted by Crippen LogP contribution is -1.85. The van der Waals surface area contributed by atoms with E-state index in [9.17, 15) is 0 Å². The number of pyridine rings is 1. The zero-order valence-electron chi connectivity index (χ0n) is 5.50. The van der Waals surface area contributed by atoms with Crippen molar-refractivity contribution in [1.82, 2.24) is 4.98 Å². The van der Waals surface area contributed by atoms with Gasteiger partial charge in [-0.05, 0) is 18.6 Å². The van der Waals surface area contributed by atoms with Gasteiger partial charge in [0.1, 0.15) is 0 Å². The Bertz CT molecular complexity index is 302. The predicted molar refractivity (Wildman–Crippen MR) is 45.0 cm³/mol. The average Bonchev–Trinajstić information content (AvgIpc) is 1.99. The zero-order chi connectivity index (χ0) is 8.43. The molecule has 0 saturated heterocycles. The fourth-order valence-electron chi connectivity index (χ4n) is 0.586. The molecule has 0 atom stereocenters. The van der Waals surface area contributed by atoms with Crippen LogP contribution in [0.25, 0.3) is 4.85 Å². The molecule has 0 aliphatic heterocycles. The second-order valence-electron chi connectivity index (χ2n) is 1.89. The van der Waals surface area contributed by atoms with Gasteiger partial charge in [-0.1, -0.05) is 6.57 Å². The van der Waals surface area contributed by atoms with Crippen molar-refractivity contribution < 1.29 is 0 Å².